The highest BCUT2D eigenvalue weighted by Gasteiger charge is 2.49. The minimum absolute atomic E-state index is 0.0440. The molecule has 2 aromatic rings. The smallest absolute Gasteiger partial charge is 0.286 e. The van der Waals surface area contributed by atoms with E-state index in [4.69, 9.17) is 0 Å². The number of carbonyl (C=O) groups excluding carboxylic acids is 1. The summed E-state index contributed by atoms with van der Waals surface area (Å²) in [6.45, 7) is 4.57. The molecule has 1 amide bonds. The standard InChI is InChI=1S/C31H37FN4O6S2/c1-17-10-20-12-18(2)24-15-26(37)28(30-33-25-9-8-23(34-43(3,39)40)14-27(25)44(41,42)35-30)31(38)36(29(24)21(11-17)13-20)16-19-4-6-22(32)7-5-19/h4-9,14,17-18,20-21,24,29,34,37H,10-13,15-16H2,1-3H3,(H,33,35)/t17?,18?,20?,21?,24-,29+/m1/s1. The summed E-state index contributed by atoms with van der Waals surface area (Å²) in [4.78, 5) is 16.1. The summed E-state index contributed by atoms with van der Waals surface area (Å²) in [7, 11) is -8.05. The van der Waals surface area contributed by atoms with Crippen molar-refractivity contribution in [3.8, 4) is 0 Å². The number of hydrogen-bond donors (Lipinski definition) is 3. The van der Waals surface area contributed by atoms with Crippen LogP contribution in [0.25, 0.3) is 0 Å². The fraction of sp³-hybridized carbons (Fsp3) is 0.484. The first kappa shape index (κ1) is 30.6. The van der Waals surface area contributed by atoms with Crippen LogP contribution in [0.2, 0.25) is 0 Å². The predicted octanol–water partition coefficient (Wildman–Crippen LogP) is 5.03. The van der Waals surface area contributed by atoms with Crippen molar-refractivity contribution in [3.63, 3.8) is 0 Å². The molecular weight excluding hydrogens is 607 g/mol. The van der Waals surface area contributed by atoms with Crippen LogP contribution < -0.4 is 10.0 Å². The Balaban J connectivity index is 1.44. The van der Waals surface area contributed by atoms with Gasteiger partial charge in [-0.2, -0.15) is 8.42 Å². The predicted molar refractivity (Wildman–Crippen MR) is 165 cm³/mol. The van der Waals surface area contributed by atoms with Gasteiger partial charge in [-0.05, 0) is 91.2 Å². The van der Waals surface area contributed by atoms with Gasteiger partial charge in [0.2, 0.25) is 10.0 Å². The van der Waals surface area contributed by atoms with Gasteiger partial charge in [0.15, 0.2) is 5.84 Å². The van der Waals surface area contributed by atoms with Crippen molar-refractivity contribution in [2.75, 3.05) is 16.3 Å². The number of benzene rings is 2. The fourth-order valence-electron chi connectivity index (χ4n) is 7.94. The van der Waals surface area contributed by atoms with E-state index in [-0.39, 0.29) is 70.2 Å². The number of aliphatic hydroxyl groups excluding tert-OH is 1. The first-order valence-electron chi connectivity index (χ1n) is 14.9. The first-order chi connectivity index (χ1) is 20.7. The Hall–Kier alpha value is -3.45. The average Bonchev–Trinajstić information content (AvgIpc) is 3.08. The summed E-state index contributed by atoms with van der Waals surface area (Å²) < 4.78 is 70.2. The van der Waals surface area contributed by atoms with E-state index in [2.05, 4.69) is 28.3 Å². The van der Waals surface area contributed by atoms with Crippen LogP contribution in [0, 0.1) is 35.4 Å². The van der Waals surface area contributed by atoms with Gasteiger partial charge in [0.1, 0.15) is 22.0 Å². The summed E-state index contributed by atoms with van der Waals surface area (Å²) in [5, 5.41) is 14.5. The number of sulfonamides is 2. The summed E-state index contributed by atoms with van der Waals surface area (Å²) in [6, 6.07) is 9.70. The molecule has 2 saturated carbocycles. The van der Waals surface area contributed by atoms with Crippen molar-refractivity contribution >= 4 is 43.2 Å². The summed E-state index contributed by atoms with van der Waals surface area (Å²) >= 11 is 0. The molecule has 0 aromatic heterocycles. The number of halogens is 1. The van der Waals surface area contributed by atoms with Crippen molar-refractivity contribution in [1.82, 2.24) is 4.90 Å². The third-order valence-corrected chi connectivity index (χ3v) is 11.4. The van der Waals surface area contributed by atoms with Gasteiger partial charge in [-0.15, -0.1) is 4.40 Å². The normalized spacial score (nSPS) is 29.9. The lowest BCUT2D eigenvalue weighted by Gasteiger charge is -2.43. The van der Waals surface area contributed by atoms with Gasteiger partial charge in [-0.3, -0.25) is 9.52 Å². The average molecular weight is 645 g/mol. The summed E-state index contributed by atoms with van der Waals surface area (Å²) in [5.74, 6) is -0.0948. The van der Waals surface area contributed by atoms with Crippen LogP contribution in [0.1, 0.15) is 51.5 Å². The number of hydrogen-bond acceptors (Lipinski definition) is 7. The van der Waals surface area contributed by atoms with Crippen molar-refractivity contribution in [2.24, 2.45) is 34.0 Å². The van der Waals surface area contributed by atoms with Gasteiger partial charge < -0.3 is 15.3 Å². The van der Waals surface area contributed by atoms with Gasteiger partial charge in [0.05, 0.1) is 11.9 Å². The van der Waals surface area contributed by atoms with E-state index in [9.17, 15) is 31.1 Å². The summed E-state index contributed by atoms with van der Waals surface area (Å²) in [5.41, 5.74) is 0.657. The van der Waals surface area contributed by atoms with E-state index in [0.717, 1.165) is 43.6 Å². The highest BCUT2D eigenvalue weighted by Crippen LogP contribution is 2.50. The Kier molecular flexibility index (Phi) is 7.76. The highest BCUT2D eigenvalue weighted by molar-refractivity contribution is 7.92. The van der Waals surface area contributed by atoms with Crippen LogP contribution in [0.4, 0.5) is 15.8 Å². The van der Waals surface area contributed by atoms with Gasteiger partial charge >= 0.3 is 0 Å². The molecule has 6 atom stereocenters. The maximum atomic E-state index is 14.6. The number of anilines is 2. The van der Waals surface area contributed by atoms with E-state index in [1.165, 1.54) is 24.3 Å². The second-order valence-electron chi connectivity index (χ2n) is 13.0. The highest BCUT2D eigenvalue weighted by atomic mass is 32.2. The Morgan fingerprint density at radius 3 is 2.52 bits per heavy atom. The summed E-state index contributed by atoms with van der Waals surface area (Å²) in [6.07, 6.45) is 5.18. The molecule has 13 heteroatoms. The van der Waals surface area contributed by atoms with E-state index in [0.29, 0.717) is 11.8 Å². The van der Waals surface area contributed by atoms with Crippen LogP contribution in [-0.4, -0.2) is 50.9 Å². The molecule has 2 fully saturated rings. The van der Waals surface area contributed by atoms with Crippen molar-refractivity contribution in [3.05, 3.63) is 65.2 Å². The lowest BCUT2D eigenvalue weighted by molar-refractivity contribution is -0.132. The molecule has 3 N–H and O–H groups in total. The molecule has 2 aliphatic carbocycles. The van der Waals surface area contributed by atoms with Gasteiger partial charge in [-0.25, -0.2) is 12.8 Å². The van der Waals surface area contributed by atoms with Crippen LogP contribution in [0.3, 0.4) is 0 Å². The molecule has 0 saturated heterocycles. The van der Waals surface area contributed by atoms with E-state index >= 15 is 0 Å². The quantitative estimate of drug-likeness (QED) is 0.414. The molecule has 2 heterocycles. The Bertz CT molecular complexity index is 1770. The maximum Gasteiger partial charge on any atom is 0.286 e. The lowest BCUT2D eigenvalue weighted by atomic mass is 9.72. The molecule has 10 nitrogen and oxygen atoms in total. The molecule has 4 aliphatic rings. The molecule has 0 radical (unpaired) electrons. The third-order valence-electron chi connectivity index (χ3n) is 9.52. The molecule has 6 rings (SSSR count). The first-order valence-corrected chi connectivity index (χ1v) is 18.2. The van der Waals surface area contributed by atoms with Gasteiger partial charge in [0.25, 0.3) is 15.9 Å². The SMILES string of the molecule is CC1CC2CC(C)[C@H]3CC(O)=C(C4=NS(=O)(=O)c5cc(NS(C)(=O)=O)ccc5N4)C(=O)N(Cc4ccc(F)cc4)[C@H]3C(C1)C2. The zero-order chi connectivity index (χ0) is 31.6. The topological polar surface area (TPSA) is 145 Å². The second-order valence-corrected chi connectivity index (χ2v) is 16.3. The number of amidine groups is 1. The lowest BCUT2D eigenvalue weighted by Crippen LogP contribution is -2.50. The van der Waals surface area contributed by atoms with E-state index in [1.54, 1.807) is 17.0 Å². The Morgan fingerprint density at radius 2 is 1.82 bits per heavy atom. The number of aliphatic hydroxyl groups is 1. The Morgan fingerprint density at radius 1 is 1.09 bits per heavy atom. The largest absolute Gasteiger partial charge is 0.511 e. The van der Waals surface area contributed by atoms with Crippen LogP contribution in [-0.2, 0) is 31.4 Å². The molecule has 4 unspecified atom stereocenters. The molecule has 2 aliphatic heterocycles. The van der Waals surface area contributed by atoms with Gasteiger partial charge in [0, 0.05) is 24.7 Å². The van der Waals surface area contributed by atoms with Crippen molar-refractivity contribution in [2.45, 2.75) is 63.4 Å². The van der Waals surface area contributed by atoms with Gasteiger partial charge in [-0.1, -0.05) is 26.0 Å². The zero-order valence-electron chi connectivity index (χ0n) is 24.8. The second kappa shape index (κ2) is 11.2. The zero-order valence-corrected chi connectivity index (χ0v) is 26.5. The molecule has 2 bridgehead atoms. The monoisotopic (exact) mass is 644 g/mol. The third kappa shape index (κ3) is 5.95. The number of rotatable bonds is 5. The van der Waals surface area contributed by atoms with Crippen LogP contribution in [0.15, 0.2) is 63.1 Å². The van der Waals surface area contributed by atoms with Crippen LogP contribution >= 0.6 is 0 Å². The van der Waals surface area contributed by atoms with Crippen LogP contribution in [0.5, 0.6) is 0 Å². The number of carbonyl (C=O) groups is 1. The van der Waals surface area contributed by atoms with Crippen molar-refractivity contribution in [1.29, 1.82) is 0 Å². The van der Waals surface area contributed by atoms with E-state index in [1.807, 2.05) is 0 Å². The minimum atomic E-state index is -4.39. The molecule has 236 valence electrons. The van der Waals surface area contributed by atoms with Crippen molar-refractivity contribution < 1.29 is 31.1 Å². The molecular formula is C31H37FN4O6S2. The molecule has 44 heavy (non-hydrogen) atoms. The minimum Gasteiger partial charge on any atom is -0.511 e. The number of amides is 1. The fourth-order valence-corrected chi connectivity index (χ4v) is 9.65. The van der Waals surface area contributed by atoms with E-state index < -0.39 is 31.8 Å². The number of nitrogens with one attached hydrogen (secondary N) is 2. The number of allylic oxidation sites excluding steroid dienone is 1. The number of nitrogens with zero attached hydrogens (tertiary/aromatic N) is 2. The molecule has 0 spiro atoms. The maximum absolute atomic E-state index is 14.6. The Labute approximate surface area is 257 Å². The number of fused-ring (bicyclic) bond motifs is 5. The molecule has 2 aromatic carbocycles.